The molecule has 1 aliphatic rings. The summed E-state index contributed by atoms with van der Waals surface area (Å²) >= 11 is 6.30. The predicted molar refractivity (Wildman–Crippen MR) is 138 cm³/mol. The van der Waals surface area contributed by atoms with E-state index in [2.05, 4.69) is 16.4 Å². The van der Waals surface area contributed by atoms with Gasteiger partial charge in [0.2, 0.25) is 0 Å². The molecule has 1 amide bonds. The van der Waals surface area contributed by atoms with Gasteiger partial charge in [-0.15, -0.1) is 0 Å². The minimum atomic E-state index is -0.684. The number of hydrogen-bond donors (Lipinski definition) is 1. The number of benzene rings is 1. The van der Waals surface area contributed by atoms with Crippen molar-refractivity contribution in [1.29, 1.82) is 5.26 Å². The van der Waals surface area contributed by atoms with E-state index in [9.17, 15) is 10.1 Å². The number of pyridine rings is 1. The molecule has 9 nitrogen and oxygen atoms in total. The van der Waals surface area contributed by atoms with Crippen molar-refractivity contribution < 1.29 is 14.3 Å². The second kappa shape index (κ2) is 9.56. The molecule has 5 rings (SSSR count). The van der Waals surface area contributed by atoms with Crippen molar-refractivity contribution in [3.8, 4) is 28.5 Å². The lowest BCUT2D eigenvalue weighted by molar-refractivity contribution is -0.140. The SMILES string of the molecule is Cc1cc(-c2c(-c3cccc(C#N)c3)nn3ccc(C(=O)NC(C)[C@H]4COC(C)(C)O4)nc23)cc(Cl)n1. The number of nitrogens with one attached hydrogen (secondary N) is 1. The molecule has 4 aromatic rings. The molecule has 0 radical (unpaired) electrons. The van der Waals surface area contributed by atoms with E-state index in [0.717, 1.165) is 16.8 Å². The average Bonchev–Trinajstić information content (AvgIpc) is 3.43. The number of hydrogen-bond acceptors (Lipinski definition) is 7. The number of aromatic nitrogens is 4. The molecule has 1 unspecified atom stereocenters. The van der Waals surface area contributed by atoms with Gasteiger partial charge < -0.3 is 14.8 Å². The van der Waals surface area contributed by atoms with E-state index in [1.165, 1.54) is 0 Å². The highest BCUT2D eigenvalue weighted by Crippen LogP contribution is 2.36. The molecule has 1 aromatic carbocycles. The average molecular weight is 517 g/mol. The van der Waals surface area contributed by atoms with Crippen LogP contribution in [0.1, 0.15) is 42.5 Å². The summed E-state index contributed by atoms with van der Waals surface area (Å²) in [5.41, 5.74) is 4.72. The van der Waals surface area contributed by atoms with Crippen molar-refractivity contribution in [1.82, 2.24) is 24.9 Å². The van der Waals surface area contributed by atoms with Crippen LogP contribution in [0.2, 0.25) is 5.15 Å². The Kier molecular flexibility index (Phi) is 6.42. The minimum Gasteiger partial charge on any atom is -0.348 e. The lowest BCUT2D eigenvalue weighted by Crippen LogP contribution is -2.43. The first-order chi connectivity index (χ1) is 17.6. The standard InChI is InChI=1S/C27H25ClN6O3/c1-15-10-19(12-22(28)30-15)23-24(18-7-5-6-17(11-18)13-29)33-34-9-8-20(32-25(23)34)26(35)31-16(2)21-14-36-27(3,4)37-21/h5-12,16,21H,14H2,1-4H3,(H,31,35)/t16?,21-/m1/s1. The number of nitriles is 1. The minimum absolute atomic E-state index is 0.230. The molecule has 1 saturated heterocycles. The van der Waals surface area contributed by atoms with Crippen molar-refractivity contribution in [2.75, 3.05) is 6.61 Å². The van der Waals surface area contributed by atoms with Gasteiger partial charge in [0.05, 0.1) is 29.8 Å². The predicted octanol–water partition coefficient (Wildman–Crippen LogP) is 4.56. The van der Waals surface area contributed by atoms with Crippen molar-refractivity contribution in [3.63, 3.8) is 0 Å². The Hall–Kier alpha value is -3.84. The van der Waals surface area contributed by atoms with E-state index in [1.54, 1.807) is 41.0 Å². The van der Waals surface area contributed by atoms with Gasteiger partial charge in [-0.05, 0) is 63.6 Å². The number of aryl methyl sites for hydroxylation is 1. The number of halogens is 1. The Morgan fingerprint density at radius 2 is 2.05 bits per heavy atom. The molecule has 0 spiro atoms. The Morgan fingerprint density at radius 1 is 1.24 bits per heavy atom. The zero-order valence-corrected chi connectivity index (χ0v) is 21.6. The van der Waals surface area contributed by atoms with Crippen molar-refractivity contribution >= 4 is 23.2 Å². The molecule has 0 bridgehead atoms. The zero-order valence-electron chi connectivity index (χ0n) is 20.8. The van der Waals surface area contributed by atoms with Crippen LogP contribution in [0.3, 0.4) is 0 Å². The fourth-order valence-electron chi connectivity index (χ4n) is 4.37. The lowest BCUT2D eigenvalue weighted by atomic mass is 10.00. The van der Waals surface area contributed by atoms with E-state index >= 15 is 0 Å². The summed E-state index contributed by atoms with van der Waals surface area (Å²) in [6.07, 6.45) is 1.42. The van der Waals surface area contributed by atoms with Crippen LogP contribution < -0.4 is 5.32 Å². The molecule has 10 heteroatoms. The molecule has 1 N–H and O–H groups in total. The number of nitrogens with zero attached hydrogens (tertiary/aromatic N) is 5. The van der Waals surface area contributed by atoms with Gasteiger partial charge in [-0.25, -0.2) is 14.5 Å². The van der Waals surface area contributed by atoms with E-state index in [-0.39, 0.29) is 23.7 Å². The van der Waals surface area contributed by atoms with Gasteiger partial charge in [0.1, 0.15) is 22.6 Å². The smallest absolute Gasteiger partial charge is 0.270 e. The third-order valence-electron chi connectivity index (χ3n) is 6.14. The van der Waals surface area contributed by atoms with Crippen LogP contribution in [0, 0.1) is 18.3 Å². The molecule has 2 atom stereocenters. The zero-order chi connectivity index (χ0) is 26.3. The fourth-order valence-corrected chi connectivity index (χ4v) is 4.62. The van der Waals surface area contributed by atoms with E-state index < -0.39 is 5.79 Å². The second-order valence-corrected chi connectivity index (χ2v) is 9.83. The quantitative estimate of drug-likeness (QED) is 0.386. The van der Waals surface area contributed by atoms with Gasteiger partial charge in [0.15, 0.2) is 11.4 Å². The highest BCUT2D eigenvalue weighted by Gasteiger charge is 2.36. The number of carbonyl (C=O) groups excluding carboxylic acids is 1. The second-order valence-electron chi connectivity index (χ2n) is 9.45. The van der Waals surface area contributed by atoms with Crippen molar-refractivity contribution in [2.24, 2.45) is 0 Å². The molecule has 188 valence electrons. The summed E-state index contributed by atoms with van der Waals surface area (Å²) in [5.74, 6) is -1.02. The Bertz CT molecular complexity index is 1540. The van der Waals surface area contributed by atoms with E-state index in [4.69, 9.17) is 31.2 Å². The molecule has 1 fully saturated rings. The first-order valence-electron chi connectivity index (χ1n) is 11.8. The van der Waals surface area contributed by atoms with Crippen LogP contribution in [-0.2, 0) is 9.47 Å². The first kappa shape index (κ1) is 24.8. The molecular weight excluding hydrogens is 492 g/mol. The van der Waals surface area contributed by atoms with Crippen LogP contribution in [0.4, 0.5) is 0 Å². The Balaban J connectivity index is 1.58. The largest absolute Gasteiger partial charge is 0.348 e. The summed E-state index contributed by atoms with van der Waals surface area (Å²) in [6, 6.07) is 14.3. The summed E-state index contributed by atoms with van der Waals surface area (Å²) in [6.45, 7) is 7.80. The van der Waals surface area contributed by atoms with Gasteiger partial charge in [-0.1, -0.05) is 23.7 Å². The van der Waals surface area contributed by atoms with Crippen LogP contribution in [0.25, 0.3) is 28.0 Å². The normalized spacial score (nSPS) is 17.5. The first-order valence-corrected chi connectivity index (χ1v) is 12.2. The highest BCUT2D eigenvalue weighted by molar-refractivity contribution is 6.29. The summed E-state index contributed by atoms with van der Waals surface area (Å²) < 4.78 is 13.1. The topological polar surface area (TPSA) is 114 Å². The number of fused-ring (bicyclic) bond motifs is 1. The number of amides is 1. The van der Waals surface area contributed by atoms with Gasteiger partial charge >= 0.3 is 0 Å². The van der Waals surface area contributed by atoms with Crippen LogP contribution in [0.15, 0.2) is 48.7 Å². The fraction of sp³-hybridized carbons (Fsp3) is 0.296. The maximum absolute atomic E-state index is 13.2. The molecular formula is C27H25ClN6O3. The van der Waals surface area contributed by atoms with Crippen molar-refractivity contribution in [2.45, 2.75) is 45.6 Å². The number of ether oxygens (including phenoxy) is 2. The summed E-state index contributed by atoms with van der Waals surface area (Å²) in [4.78, 5) is 22.1. The molecule has 4 heterocycles. The number of carbonyl (C=O) groups is 1. The van der Waals surface area contributed by atoms with Gasteiger partial charge in [-0.2, -0.15) is 10.4 Å². The molecule has 3 aromatic heterocycles. The third kappa shape index (κ3) is 5.04. The van der Waals surface area contributed by atoms with Gasteiger partial charge in [0.25, 0.3) is 5.91 Å². The Labute approximate surface area is 219 Å². The Morgan fingerprint density at radius 3 is 2.76 bits per heavy atom. The van der Waals surface area contributed by atoms with Crippen LogP contribution >= 0.6 is 11.6 Å². The molecule has 37 heavy (non-hydrogen) atoms. The summed E-state index contributed by atoms with van der Waals surface area (Å²) in [5, 5.41) is 17.5. The molecule has 0 aliphatic carbocycles. The van der Waals surface area contributed by atoms with E-state index in [0.29, 0.717) is 34.2 Å². The van der Waals surface area contributed by atoms with E-state index in [1.807, 2.05) is 39.8 Å². The maximum atomic E-state index is 13.2. The lowest BCUT2D eigenvalue weighted by Gasteiger charge is -2.22. The van der Waals surface area contributed by atoms with Crippen LogP contribution in [0.5, 0.6) is 0 Å². The van der Waals surface area contributed by atoms with Gasteiger partial charge in [-0.3, -0.25) is 4.79 Å². The maximum Gasteiger partial charge on any atom is 0.270 e. The number of rotatable bonds is 5. The highest BCUT2D eigenvalue weighted by atomic mass is 35.5. The third-order valence-corrected chi connectivity index (χ3v) is 6.33. The van der Waals surface area contributed by atoms with Gasteiger partial charge in [0, 0.05) is 17.5 Å². The van der Waals surface area contributed by atoms with Crippen LogP contribution in [-0.4, -0.2) is 50.0 Å². The summed E-state index contributed by atoms with van der Waals surface area (Å²) in [7, 11) is 0. The molecule has 1 aliphatic heterocycles. The van der Waals surface area contributed by atoms with Crippen molar-refractivity contribution in [3.05, 3.63) is 70.8 Å². The molecule has 0 saturated carbocycles. The monoisotopic (exact) mass is 516 g/mol.